The van der Waals surface area contributed by atoms with E-state index in [0.717, 1.165) is 24.5 Å². The molecule has 0 N–H and O–H groups in total. The highest BCUT2D eigenvalue weighted by molar-refractivity contribution is 8.13. The molecule has 0 aliphatic carbocycles. The van der Waals surface area contributed by atoms with Crippen molar-refractivity contribution in [2.24, 2.45) is 4.99 Å². The molecule has 2 nitrogen and oxygen atoms in total. The topological polar surface area (TPSA) is 15.6 Å². The molecular weight excluding hydrogens is 200 g/mol. The lowest BCUT2D eigenvalue weighted by molar-refractivity contribution is 0.520. The smallest absolute Gasteiger partial charge is 0.164 e. The Morgan fingerprint density at radius 3 is 2.92 bits per heavy atom. The van der Waals surface area contributed by atoms with Gasteiger partial charge < -0.3 is 4.90 Å². The maximum absolute atomic E-state index is 5.34. The average molecular weight is 214 g/mol. The largest absolute Gasteiger partial charge is 0.316 e. The van der Waals surface area contributed by atoms with Crippen LogP contribution >= 0.6 is 24.0 Å². The van der Waals surface area contributed by atoms with E-state index in [2.05, 4.69) is 9.89 Å². The van der Waals surface area contributed by atoms with Crippen molar-refractivity contribution in [1.29, 1.82) is 0 Å². The lowest BCUT2D eigenvalue weighted by Gasteiger charge is -2.31. The first kappa shape index (κ1) is 9.46. The first-order valence-electron chi connectivity index (χ1n) is 4.85. The van der Waals surface area contributed by atoms with E-state index in [4.69, 9.17) is 12.2 Å². The highest BCUT2D eigenvalue weighted by Crippen LogP contribution is 2.21. The molecular formula is C9H14N2S2. The Kier molecular flexibility index (Phi) is 3.22. The van der Waals surface area contributed by atoms with Gasteiger partial charge in [0.05, 0.1) is 4.99 Å². The van der Waals surface area contributed by atoms with Gasteiger partial charge in [-0.05, 0) is 25.7 Å². The van der Waals surface area contributed by atoms with Gasteiger partial charge in [-0.25, -0.2) is 0 Å². The van der Waals surface area contributed by atoms with E-state index < -0.39 is 0 Å². The van der Waals surface area contributed by atoms with Gasteiger partial charge in [0, 0.05) is 18.8 Å². The van der Waals surface area contributed by atoms with Crippen LogP contribution in [0.2, 0.25) is 0 Å². The summed E-state index contributed by atoms with van der Waals surface area (Å²) in [6, 6.07) is 0. The maximum Gasteiger partial charge on any atom is 0.164 e. The number of hydrogen-bond donors (Lipinski definition) is 0. The molecule has 2 heterocycles. The fraction of sp³-hybridized carbons (Fsp3) is 0.778. The minimum atomic E-state index is 0.988. The van der Waals surface area contributed by atoms with Crippen LogP contribution < -0.4 is 0 Å². The number of likely N-dealkylation sites (tertiary alicyclic amines) is 1. The van der Waals surface area contributed by atoms with Crippen LogP contribution in [0.5, 0.6) is 0 Å². The second kappa shape index (κ2) is 4.42. The van der Waals surface area contributed by atoms with Crippen LogP contribution in [0.1, 0.15) is 25.7 Å². The predicted molar refractivity (Wildman–Crippen MR) is 62.5 cm³/mol. The third-order valence-electron chi connectivity index (χ3n) is 2.33. The maximum atomic E-state index is 5.34. The van der Waals surface area contributed by atoms with E-state index in [-0.39, 0.29) is 0 Å². The summed E-state index contributed by atoms with van der Waals surface area (Å²) in [5, 5.41) is 1.18. The van der Waals surface area contributed by atoms with Crippen LogP contribution in [0.15, 0.2) is 4.99 Å². The van der Waals surface area contributed by atoms with Crippen LogP contribution in [0.3, 0.4) is 0 Å². The number of thiocarbonyl (C=S) groups is 1. The lowest BCUT2D eigenvalue weighted by Crippen LogP contribution is -2.38. The highest BCUT2D eigenvalue weighted by atomic mass is 32.2. The van der Waals surface area contributed by atoms with Gasteiger partial charge in [-0.15, -0.1) is 0 Å². The summed E-state index contributed by atoms with van der Waals surface area (Å²) in [5.74, 6) is 1.21. The summed E-state index contributed by atoms with van der Waals surface area (Å²) < 4.78 is 0. The number of hydrogen-bond acceptors (Lipinski definition) is 3. The summed E-state index contributed by atoms with van der Waals surface area (Å²) >= 11 is 7.20. The molecule has 0 aromatic rings. The van der Waals surface area contributed by atoms with Crippen LogP contribution in [-0.2, 0) is 0 Å². The first-order valence-corrected chi connectivity index (χ1v) is 6.25. The van der Waals surface area contributed by atoms with Crippen molar-refractivity contribution >= 4 is 34.1 Å². The molecule has 0 aromatic heterocycles. The summed E-state index contributed by atoms with van der Waals surface area (Å²) in [6.45, 7) is 2.08. The van der Waals surface area contributed by atoms with Gasteiger partial charge in [-0.1, -0.05) is 24.0 Å². The van der Waals surface area contributed by atoms with Gasteiger partial charge in [0.15, 0.2) is 5.17 Å². The summed E-state index contributed by atoms with van der Waals surface area (Å²) in [7, 11) is 0. The Hall–Kier alpha value is -0.0900. The van der Waals surface area contributed by atoms with Crippen molar-refractivity contribution in [2.75, 3.05) is 18.8 Å². The number of rotatable bonds is 0. The normalized spacial score (nSPS) is 24.5. The molecule has 13 heavy (non-hydrogen) atoms. The molecule has 1 saturated heterocycles. The zero-order valence-corrected chi connectivity index (χ0v) is 9.29. The molecule has 0 unspecified atom stereocenters. The number of nitrogens with zero attached hydrogens (tertiary/aromatic N) is 2. The Labute approximate surface area is 88.8 Å². The van der Waals surface area contributed by atoms with E-state index in [0.29, 0.717) is 0 Å². The molecule has 0 saturated carbocycles. The Balaban J connectivity index is 2.04. The number of amidine groups is 1. The van der Waals surface area contributed by atoms with E-state index >= 15 is 0 Å². The van der Waals surface area contributed by atoms with E-state index in [9.17, 15) is 0 Å². The summed E-state index contributed by atoms with van der Waals surface area (Å²) in [5.41, 5.74) is 0. The van der Waals surface area contributed by atoms with E-state index in [1.807, 2.05) is 11.8 Å². The standard InChI is InChI=1S/C9H14N2S2/c12-8-4-1-2-6-11(8)9-10-5-3-7-13-9/h1-7H2. The van der Waals surface area contributed by atoms with Crippen LogP contribution in [-0.4, -0.2) is 33.9 Å². The zero-order chi connectivity index (χ0) is 9.10. The molecule has 0 aromatic carbocycles. The molecule has 2 aliphatic rings. The van der Waals surface area contributed by atoms with Crippen molar-refractivity contribution in [2.45, 2.75) is 25.7 Å². The Morgan fingerprint density at radius 1 is 1.31 bits per heavy atom. The molecule has 4 heteroatoms. The van der Waals surface area contributed by atoms with Gasteiger partial charge >= 0.3 is 0 Å². The van der Waals surface area contributed by atoms with Gasteiger partial charge in [-0.2, -0.15) is 0 Å². The molecule has 1 fully saturated rings. The quantitative estimate of drug-likeness (QED) is 0.575. The molecule has 0 atom stereocenters. The fourth-order valence-electron chi connectivity index (χ4n) is 1.62. The zero-order valence-electron chi connectivity index (χ0n) is 7.66. The van der Waals surface area contributed by atoms with Crippen LogP contribution in [0.25, 0.3) is 0 Å². The second-order valence-electron chi connectivity index (χ2n) is 3.37. The molecule has 72 valence electrons. The van der Waals surface area contributed by atoms with Crippen molar-refractivity contribution in [3.05, 3.63) is 0 Å². The summed E-state index contributed by atoms with van der Waals surface area (Å²) in [6.07, 6.45) is 4.82. The van der Waals surface area contributed by atoms with Gasteiger partial charge in [-0.3, -0.25) is 4.99 Å². The molecule has 0 bridgehead atoms. The predicted octanol–water partition coefficient (Wildman–Crippen LogP) is 2.29. The average Bonchev–Trinajstić information content (AvgIpc) is 2.20. The molecule has 0 spiro atoms. The Bertz CT molecular complexity index is 238. The molecule has 0 amide bonds. The van der Waals surface area contributed by atoms with Crippen molar-refractivity contribution in [1.82, 2.24) is 4.90 Å². The van der Waals surface area contributed by atoms with Crippen molar-refractivity contribution in [3.8, 4) is 0 Å². The molecule has 2 rings (SSSR count). The SMILES string of the molecule is S=C1CCCCN1C1=NCCCS1. The Morgan fingerprint density at radius 2 is 2.23 bits per heavy atom. The number of aliphatic imine (C=N–C) groups is 1. The third kappa shape index (κ3) is 2.23. The highest BCUT2D eigenvalue weighted by Gasteiger charge is 2.20. The van der Waals surface area contributed by atoms with Gasteiger partial charge in [0.25, 0.3) is 0 Å². The minimum absolute atomic E-state index is 0.988. The van der Waals surface area contributed by atoms with Crippen molar-refractivity contribution in [3.63, 3.8) is 0 Å². The minimum Gasteiger partial charge on any atom is -0.316 e. The van der Waals surface area contributed by atoms with Crippen LogP contribution in [0, 0.1) is 0 Å². The number of thioether (sulfide) groups is 1. The van der Waals surface area contributed by atoms with E-state index in [1.54, 1.807) is 0 Å². The van der Waals surface area contributed by atoms with Gasteiger partial charge in [0.1, 0.15) is 0 Å². The molecule has 0 radical (unpaired) electrons. The van der Waals surface area contributed by atoms with E-state index in [1.165, 1.54) is 30.2 Å². The lowest BCUT2D eigenvalue weighted by atomic mass is 10.1. The van der Waals surface area contributed by atoms with Crippen molar-refractivity contribution < 1.29 is 0 Å². The third-order valence-corrected chi connectivity index (χ3v) is 3.86. The molecule has 2 aliphatic heterocycles. The fourth-order valence-corrected chi connectivity index (χ4v) is 3.00. The summed E-state index contributed by atoms with van der Waals surface area (Å²) in [4.78, 5) is 7.86. The monoisotopic (exact) mass is 214 g/mol. The second-order valence-corrected chi connectivity index (χ2v) is 4.90. The van der Waals surface area contributed by atoms with Gasteiger partial charge in [0.2, 0.25) is 0 Å². The first-order chi connectivity index (χ1) is 6.38. The number of piperidine rings is 1. The van der Waals surface area contributed by atoms with Crippen LogP contribution in [0.4, 0.5) is 0 Å².